The predicted molar refractivity (Wildman–Crippen MR) is 91.1 cm³/mol. The van der Waals surface area contributed by atoms with Gasteiger partial charge in [0.1, 0.15) is 0 Å². The quantitative estimate of drug-likeness (QED) is 0.757. The number of hydrogen-bond acceptors (Lipinski definition) is 4. The number of nitrogens with zero attached hydrogens (tertiary/aromatic N) is 1. The molecule has 1 aliphatic carbocycles. The largest absolute Gasteiger partial charge is 0.389 e. The van der Waals surface area contributed by atoms with Gasteiger partial charge in [0, 0.05) is 25.7 Å². The van der Waals surface area contributed by atoms with Crippen LogP contribution in [-0.4, -0.2) is 61.5 Å². The molecule has 0 amide bonds. The van der Waals surface area contributed by atoms with Gasteiger partial charge < -0.3 is 20.1 Å². The van der Waals surface area contributed by atoms with Crippen molar-refractivity contribution in [2.75, 3.05) is 33.4 Å². The minimum Gasteiger partial charge on any atom is -0.389 e. The fraction of sp³-hybridized carbons (Fsp3) is 1.00. The smallest absolute Gasteiger partial charge is 0.0900 e. The van der Waals surface area contributed by atoms with Crippen molar-refractivity contribution in [2.45, 2.75) is 70.6 Å². The van der Waals surface area contributed by atoms with Crippen molar-refractivity contribution in [3.8, 4) is 0 Å². The summed E-state index contributed by atoms with van der Waals surface area (Å²) in [5.74, 6) is 1.80. The molecule has 2 aliphatic rings. The van der Waals surface area contributed by atoms with Crippen molar-refractivity contribution in [2.24, 2.45) is 11.8 Å². The lowest BCUT2D eigenvalue weighted by Crippen LogP contribution is -2.48. The van der Waals surface area contributed by atoms with E-state index >= 15 is 0 Å². The number of methoxy groups -OCH3 is 1. The Hall–Kier alpha value is -0.160. The van der Waals surface area contributed by atoms with E-state index in [2.05, 4.69) is 24.1 Å². The second-order valence-electron chi connectivity index (χ2n) is 7.71. The van der Waals surface area contributed by atoms with Gasteiger partial charge in [-0.3, -0.25) is 0 Å². The van der Waals surface area contributed by atoms with Crippen LogP contribution in [0.15, 0.2) is 0 Å². The molecule has 130 valence electrons. The summed E-state index contributed by atoms with van der Waals surface area (Å²) in [7, 11) is 1.65. The minimum atomic E-state index is -0.346. The van der Waals surface area contributed by atoms with E-state index in [0.29, 0.717) is 12.6 Å². The molecule has 2 N–H and O–H groups in total. The molecule has 2 fully saturated rings. The van der Waals surface area contributed by atoms with Crippen molar-refractivity contribution in [1.82, 2.24) is 10.2 Å². The average Bonchev–Trinajstić information content (AvgIpc) is 2.50. The van der Waals surface area contributed by atoms with Gasteiger partial charge in [-0.05, 0) is 63.5 Å². The first-order chi connectivity index (χ1) is 10.6. The lowest BCUT2D eigenvalue weighted by atomic mass is 9.79. The van der Waals surface area contributed by atoms with Crippen molar-refractivity contribution >= 4 is 0 Å². The highest BCUT2D eigenvalue weighted by molar-refractivity contribution is 4.85. The molecule has 4 nitrogen and oxygen atoms in total. The Kier molecular flexibility index (Phi) is 7.61. The normalized spacial score (nSPS) is 29.9. The third-order valence-corrected chi connectivity index (χ3v) is 5.60. The van der Waals surface area contributed by atoms with Crippen LogP contribution in [0.3, 0.4) is 0 Å². The van der Waals surface area contributed by atoms with Crippen LogP contribution in [0.2, 0.25) is 0 Å². The molecule has 0 radical (unpaired) electrons. The molecule has 0 aromatic heterocycles. The molecule has 0 aromatic rings. The van der Waals surface area contributed by atoms with E-state index in [0.717, 1.165) is 37.5 Å². The van der Waals surface area contributed by atoms with Crippen molar-refractivity contribution in [3.05, 3.63) is 0 Å². The second-order valence-corrected chi connectivity index (χ2v) is 7.71. The molecule has 4 heteroatoms. The van der Waals surface area contributed by atoms with Crippen LogP contribution in [0.1, 0.15) is 52.4 Å². The molecule has 0 bridgehead atoms. The van der Waals surface area contributed by atoms with E-state index < -0.39 is 0 Å². The van der Waals surface area contributed by atoms with E-state index in [9.17, 15) is 5.11 Å². The van der Waals surface area contributed by atoms with Crippen LogP contribution in [0, 0.1) is 11.8 Å². The van der Waals surface area contributed by atoms with Gasteiger partial charge in [0.15, 0.2) is 0 Å². The topological polar surface area (TPSA) is 44.7 Å². The Morgan fingerprint density at radius 3 is 2.18 bits per heavy atom. The lowest BCUT2D eigenvalue weighted by Gasteiger charge is -2.38. The third-order valence-electron chi connectivity index (χ3n) is 5.60. The number of aliphatic hydroxyl groups is 1. The third kappa shape index (κ3) is 5.80. The molecule has 1 heterocycles. The maximum Gasteiger partial charge on any atom is 0.0900 e. The van der Waals surface area contributed by atoms with Gasteiger partial charge in [0.2, 0.25) is 0 Å². The number of ether oxygens (including phenoxy) is 1. The Bertz CT molecular complexity index is 295. The maximum absolute atomic E-state index is 9.82. The monoisotopic (exact) mass is 312 g/mol. The first kappa shape index (κ1) is 18.2. The minimum absolute atomic E-state index is 0.346. The summed E-state index contributed by atoms with van der Waals surface area (Å²) in [5, 5.41) is 13.7. The summed E-state index contributed by atoms with van der Waals surface area (Å²) in [6.45, 7) is 8.12. The van der Waals surface area contributed by atoms with Crippen LogP contribution < -0.4 is 5.32 Å². The molecular weight excluding hydrogens is 276 g/mol. The van der Waals surface area contributed by atoms with Gasteiger partial charge in [-0.25, -0.2) is 0 Å². The Morgan fingerprint density at radius 1 is 1.05 bits per heavy atom. The van der Waals surface area contributed by atoms with Crippen molar-refractivity contribution in [1.29, 1.82) is 0 Å². The molecule has 0 aromatic carbocycles. The van der Waals surface area contributed by atoms with Gasteiger partial charge in [-0.15, -0.1) is 0 Å². The number of hydrogen-bond donors (Lipinski definition) is 2. The number of rotatable bonds is 7. The molecule has 1 unspecified atom stereocenters. The molecule has 1 saturated carbocycles. The molecule has 1 atom stereocenters. The van der Waals surface area contributed by atoms with Crippen LogP contribution in [-0.2, 0) is 4.74 Å². The number of aliphatic hydroxyl groups excluding tert-OH is 1. The number of likely N-dealkylation sites (tertiary alicyclic amines) is 1. The summed E-state index contributed by atoms with van der Waals surface area (Å²) in [5.41, 5.74) is 0. The summed E-state index contributed by atoms with van der Waals surface area (Å²) in [4.78, 5) is 2.37. The lowest BCUT2D eigenvalue weighted by molar-refractivity contribution is 0.0304. The second kappa shape index (κ2) is 9.21. The molecule has 2 rings (SSSR count). The van der Waals surface area contributed by atoms with Crippen LogP contribution in [0.25, 0.3) is 0 Å². The van der Waals surface area contributed by atoms with E-state index in [4.69, 9.17) is 4.74 Å². The number of β-amino-alcohol motifs (C(OH)–C–C–N with tert-alkyl or cyclic N) is 1. The molecule has 22 heavy (non-hydrogen) atoms. The molecule has 1 aliphatic heterocycles. The highest BCUT2D eigenvalue weighted by atomic mass is 16.5. The van der Waals surface area contributed by atoms with Crippen LogP contribution in [0.5, 0.6) is 0 Å². The summed E-state index contributed by atoms with van der Waals surface area (Å²) < 4.78 is 5.00. The van der Waals surface area contributed by atoms with E-state index in [1.165, 1.54) is 38.5 Å². The van der Waals surface area contributed by atoms with Crippen molar-refractivity contribution < 1.29 is 9.84 Å². The van der Waals surface area contributed by atoms with Gasteiger partial charge in [-0.2, -0.15) is 0 Å². The zero-order valence-corrected chi connectivity index (χ0v) is 14.8. The highest BCUT2D eigenvalue weighted by Gasteiger charge is 2.27. The summed E-state index contributed by atoms with van der Waals surface area (Å²) in [6, 6.07) is 1.42. The van der Waals surface area contributed by atoms with Gasteiger partial charge in [0.05, 0.1) is 12.7 Å². The van der Waals surface area contributed by atoms with E-state index in [1.807, 2.05) is 0 Å². The first-order valence-corrected chi connectivity index (χ1v) is 9.24. The fourth-order valence-electron chi connectivity index (χ4n) is 4.11. The fourth-order valence-corrected chi connectivity index (χ4v) is 4.11. The highest BCUT2D eigenvalue weighted by Crippen LogP contribution is 2.30. The molecule has 1 saturated heterocycles. The summed E-state index contributed by atoms with van der Waals surface area (Å²) >= 11 is 0. The van der Waals surface area contributed by atoms with E-state index in [1.54, 1.807) is 7.11 Å². The summed E-state index contributed by atoms with van der Waals surface area (Å²) in [6.07, 6.45) is 7.59. The van der Waals surface area contributed by atoms with E-state index in [-0.39, 0.29) is 6.10 Å². The zero-order valence-electron chi connectivity index (χ0n) is 14.8. The number of piperidine rings is 1. The first-order valence-electron chi connectivity index (χ1n) is 9.24. The zero-order chi connectivity index (χ0) is 15.9. The molecule has 0 spiro atoms. The Balaban J connectivity index is 1.62. The van der Waals surface area contributed by atoms with Crippen LogP contribution in [0.4, 0.5) is 0 Å². The maximum atomic E-state index is 9.82. The van der Waals surface area contributed by atoms with Crippen molar-refractivity contribution in [3.63, 3.8) is 0 Å². The predicted octanol–water partition coefficient (Wildman–Crippen LogP) is 2.26. The standard InChI is InChI=1S/C18H36N2O2/c1-14(2)15-4-6-16(7-5-15)19-17-8-10-20(11-9-17)12-18(21)13-22-3/h14-19,21H,4-13H2,1-3H3. The van der Waals surface area contributed by atoms with Gasteiger partial charge in [-0.1, -0.05) is 13.8 Å². The van der Waals surface area contributed by atoms with Gasteiger partial charge >= 0.3 is 0 Å². The Morgan fingerprint density at radius 2 is 1.64 bits per heavy atom. The average molecular weight is 312 g/mol. The van der Waals surface area contributed by atoms with Gasteiger partial charge in [0.25, 0.3) is 0 Å². The SMILES string of the molecule is COCC(O)CN1CCC(NC2CCC(C(C)C)CC2)CC1. The Labute approximate surface area is 136 Å². The number of nitrogens with one attached hydrogen (secondary N) is 1. The molecular formula is C18H36N2O2. The van der Waals surface area contributed by atoms with Crippen LogP contribution >= 0.6 is 0 Å².